The lowest BCUT2D eigenvalue weighted by Crippen LogP contribution is -2.40. The van der Waals surface area contributed by atoms with Gasteiger partial charge in [0, 0.05) is 38.9 Å². The standard InChI is InChI=1S/C16H26N4.HI/c1-3-10-18-16(17-2)19-12-14-9-11-20(13-14)15-7-5-4-6-8-15;/h4-8,14H,3,9-13H2,1-2H3,(H2,17,18,19);1H. The van der Waals surface area contributed by atoms with Crippen LogP contribution in [0.25, 0.3) is 0 Å². The van der Waals surface area contributed by atoms with Gasteiger partial charge in [0.2, 0.25) is 0 Å². The maximum atomic E-state index is 4.24. The van der Waals surface area contributed by atoms with E-state index < -0.39 is 0 Å². The first-order valence-corrected chi connectivity index (χ1v) is 7.58. The first-order chi connectivity index (χ1) is 9.83. The van der Waals surface area contributed by atoms with Gasteiger partial charge in [-0.1, -0.05) is 25.1 Å². The number of aliphatic imine (C=N–C) groups is 1. The minimum atomic E-state index is 0. The summed E-state index contributed by atoms with van der Waals surface area (Å²) in [6.07, 6.45) is 2.36. The summed E-state index contributed by atoms with van der Waals surface area (Å²) in [7, 11) is 1.83. The molecule has 0 amide bonds. The van der Waals surface area contributed by atoms with E-state index in [-0.39, 0.29) is 24.0 Å². The summed E-state index contributed by atoms with van der Waals surface area (Å²) >= 11 is 0. The number of hydrogen-bond acceptors (Lipinski definition) is 2. The van der Waals surface area contributed by atoms with Gasteiger partial charge in [-0.25, -0.2) is 0 Å². The Balaban J connectivity index is 0.00000220. The van der Waals surface area contributed by atoms with Crippen LogP contribution in [0.15, 0.2) is 35.3 Å². The normalized spacial score (nSPS) is 18.3. The fourth-order valence-corrected chi connectivity index (χ4v) is 2.58. The molecule has 1 fully saturated rings. The highest BCUT2D eigenvalue weighted by atomic mass is 127. The van der Waals surface area contributed by atoms with E-state index in [0.717, 1.165) is 38.6 Å². The molecule has 1 atom stereocenters. The molecule has 4 nitrogen and oxygen atoms in total. The Kier molecular flexibility index (Phi) is 8.49. The molecule has 1 aliphatic rings. The SMILES string of the molecule is CCCNC(=NC)NCC1CCN(c2ccccc2)C1.I. The zero-order valence-electron chi connectivity index (χ0n) is 13.0. The van der Waals surface area contributed by atoms with Gasteiger partial charge in [0.25, 0.3) is 0 Å². The van der Waals surface area contributed by atoms with Crippen LogP contribution in [-0.4, -0.2) is 39.2 Å². The van der Waals surface area contributed by atoms with E-state index in [4.69, 9.17) is 0 Å². The Morgan fingerprint density at radius 1 is 1.29 bits per heavy atom. The average Bonchev–Trinajstić information content (AvgIpc) is 2.97. The zero-order chi connectivity index (χ0) is 14.2. The number of nitrogens with one attached hydrogen (secondary N) is 2. The molecule has 0 aliphatic carbocycles. The second-order valence-electron chi connectivity index (χ2n) is 5.32. The van der Waals surface area contributed by atoms with Crippen LogP contribution in [0.4, 0.5) is 5.69 Å². The lowest BCUT2D eigenvalue weighted by molar-refractivity contribution is 0.565. The van der Waals surface area contributed by atoms with Crippen molar-refractivity contribution in [2.45, 2.75) is 19.8 Å². The monoisotopic (exact) mass is 402 g/mol. The number of anilines is 1. The van der Waals surface area contributed by atoms with Gasteiger partial charge in [0.05, 0.1) is 0 Å². The van der Waals surface area contributed by atoms with Gasteiger partial charge in [0.15, 0.2) is 5.96 Å². The van der Waals surface area contributed by atoms with Crippen LogP contribution in [0.3, 0.4) is 0 Å². The minimum absolute atomic E-state index is 0. The Bertz CT molecular complexity index is 422. The first kappa shape index (κ1) is 18.1. The predicted molar refractivity (Wildman–Crippen MR) is 102 cm³/mol. The molecule has 1 aromatic rings. The number of nitrogens with zero attached hydrogens (tertiary/aromatic N) is 2. The van der Waals surface area contributed by atoms with Crippen molar-refractivity contribution in [1.29, 1.82) is 0 Å². The fraction of sp³-hybridized carbons (Fsp3) is 0.562. The molecule has 1 heterocycles. The molecule has 0 spiro atoms. The smallest absolute Gasteiger partial charge is 0.190 e. The van der Waals surface area contributed by atoms with E-state index in [0.29, 0.717) is 5.92 Å². The summed E-state index contributed by atoms with van der Waals surface area (Å²) < 4.78 is 0. The second-order valence-corrected chi connectivity index (χ2v) is 5.32. The summed E-state index contributed by atoms with van der Waals surface area (Å²) in [6, 6.07) is 10.7. The van der Waals surface area contributed by atoms with E-state index in [1.54, 1.807) is 0 Å². The number of halogens is 1. The third kappa shape index (κ3) is 5.73. The van der Waals surface area contributed by atoms with Crippen LogP contribution in [0.5, 0.6) is 0 Å². The molecule has 1 unspecified atom stereocenters. The molecule has 0 bridgehead atoms. The van der Waals surface area contributed by atoms with Crippen LogP contribution < -0.4 is 15.5 Å². The van der Waals surface area contributed by atoms with Crippen LogP contribution in [0.1, 0.15) is 19.8 Å². The average molecular weight is 402 g/mol. The molecular formula is C16H27IN4. The molecule has 0 radical (unpaired) electrons. The molecule has 118 valence electrons. The topological polar surface area (TPSA) is 39.7 Å². The molecule has 0 saturated carbocycles. The van der Waals surface area contributed by atoms with Crippen molar-refractivity contribution in [1.82, 2.24) is 10.6 Å². The van der Waals surface area contributed by atoms with Gasteiger partial charge in [-0.15, -0.1) is 24.0 Å². The van der Waals surface area contributed by atoms with E-state index in [1.165, 1.54) is 12.1 Å². The Hall–Kier alpha value is -0.980. The minimum Gasteiger partial charge on any atom is -0.371 e. The fourth-order valence-electron chi connectivity index (χ4n) is 2.58. The molecular weight excluding hydrogens is 375 g/mol. The number of benzene rings is 1. The van der Waals surface area contributed by atoms with Crippen molar-refractivity contribution in [3.63, 3.8) is 0 Å². The first-order valence-electron chi connectivity index (χ1n) is 7.58. The number of guanidine groups is 1. The number of rotatable bonds is 5. The van der Waals surface area contributed by atoms with Crippen molar-refractivity contribution >= 4 is 35.6 Å². The number of para-hydroxylation sites is 1. The summed E-state index contributed by atoms with van der Waals surface area (Å²) in [5.41, 5.74) is 1.34. The zero-order valence-corrected chi connectivity index (χ0v) is 15.3. The maximum Gasteiger partial charge on any atom is 0.190 e. The predicted octanol–water partition coefficient (Wildman–Crippen LogP) is 2.71. The van der Waals surface area contributed by atoms with Crippen molar-refractivity contribution in [3.8, 4) is 0 Å². The van der Waals surface area contributed by atoms with Gasteiger partial charge >= 0.3 is 0 Å². The molecule has 5 heteroatoms. The third-order valence-corrected chi connectivity index (χ3v) is 3.73. The van der Waals surface area contributed by atoms with Crippen molar-refractivity contribution < 1.29 is 0 Å². The van der Waals surface area contributed by atoms with Gasteiger partial charge in [-0.3, -0.25) is 4.99 Å². The quantitative estimate of drug-likeness (QED) is 0.452. The Morgan fingerprint density at radius 2 is 2.05 bits per heavy atom. The van der Waals surface area contributed by atoms with E-state index in [1.807, 2.05) is 7.05 Å². The van der Waals surface area contributed by atoms with E-state index in [9.17, 15) is 0 Å². The molecule has 21 heavy (non-hydrogen) atoms. The summed E-state index contributed by atoms with van der Waals surface area (Å²) in [5, 5.41) is 6.74. The summed E-state index contributed by atoms with van der Waals surface area (Å²) in [5.74, 6) is 1.61. The summed E-state index contributed by atoms with van der Waals surface area (Å²) in [4.78, 5) is 6.71. The van der Waals surface area contributed by atoms with Crippen LogP contribution >= 0.6 is 24.0 Å². The van der Waals surface area contributed by atoms with Crippen molar-refractivity contribution in [3.05, 3.63) is 30.3 Å². The molecule has 1 saturated heterocycles. The largest absolute Gasteiger partial charge is 0.371 e. The van der Waals surface area contributed by atoms with Gasteiger partial charge < -0.3 is 15.5 Å². The lowest BCUT2D eigenvalue weighted by Gasteiger charge is -2.19. The lowest BCUT2D eigenvalue weighted by atomic mass is 10.1. The molecule has 2 N–H and O–H groups in total. The highest BCUT2D eigenvalue weighted by Gasteiger charge is 2.22. The summed E-state index contributed by atoms with van der Waals surface area (Å²) in [6.45, 7) is 6.40. The van der Waals surface area contributed by atoms with E-state index in [2.05, 4.69) is 57.8 Å². The Morgan fingerprint density at radius 3 is 2.71 bits per heavy atom. The van der Waals surface area contributed by atoms with Gasteiger partial charge in [0.1, 0.15) is 0 Å². The Labute approximate surface area is 145 Å². The van der Waals surface area contributed by atoms with E-state index >= 15 is 0 Å². The maximum absolute atomic E-state index is 4.24. The highest BCUT2D eigenvalue weighted by molar-refractivity contribution is 14.0. The van der Waals surface area contributed by atoms with Crippen LogP contribution in [0, 0.1) is 5.92 Å². The molecule has 1 aliphatic heterocycles. The van der Waals surface area contributed by atoms with Crippen molar-refractivity contribution in [2.75, 3.05) is 38.1 Å². The molecule has 0 aromatic heterocycles. The van der Waals surface area contributed by atoms with Gasteiger partial charge in [-0.2, -0.15) is 0 Å². The second kappa shape index (κ2) is 9.87. The van der Waals surface area contributed by atoms with Crippen LogP contribution in [0.2, 0.25) is 0 Å². The van der Waals surface area contributed by atoms with Crippen LogP contribution in [-0.2, 0) is 0 Å². The third-order valence-electron chi connectivity index (χ3n) is 3.73. The molecule has 2 rings (SSSR count). The van der Waals surface area contributed by atoms with Gasteiger partial charge in [-0.05, 0) is 30.9 Å². The van der Waals surface area contributed by atoms with Crippen molar-refractivity contribution in [2.24, 2.45) is 10.9 Å². The highest BCUT2D eigenvalue weighted by Crippen LogP contribution is 2.22. The number of hydrogen-bond donors (Lipinski definition) is 2. The molecule has 1 aromatic carbocycles.